The molecule has 7 heteroatoms. The van der Waals surface area contributed by atoms with E-state index in [9.17, 15) is 23.1 Å². The zero-order valence-electron chi connectivity index (χ0n) is 13.6. The van der Waals surface area contributed by atoms with E-state index < -0.39 is 23.3 Å². The number of carbonyl (C=O) groups is 1. The first-order valence-electron chi connectivity index (χ1n) is 7.46. The fraction of sp³-hybridized carbons (Fsp3) is 0.278. The first-order valence-corrected chi connectivity index (χ1v) is 7.46. The number of benzene rings is 2. The molecular weight excluding hydrogens is 337 g/mol. The molecule has 0 heterocycles. The maximum absolute atomic E-state index is 13.5. The molecule has 0 aliphatic rings. The van der Waals surface area contributed by atoms with Crippen molar-refractivity contribution < 1.29 is 32.5 Å². The van der Waals surface area contributed by atoms with Crippen LogP contribution in [-0.4, -0.2) is 31.0 Å². The molecular formula is C18H17F3O4. The summed E-state index contributed by atoms with van der Waals surface area (Å²) >= 11 is 0. The van der Waals surface area contributed by atoms with Gasteiger partial charge >= 0.3 is 12.1 Å². The van der Waals surface area contributed by atoms with Crippen LogP contribution in [0, 0.1) is 0 Å². The van der Waals surface area contributed by atoms with Crippen molar-refractivity contribution in [3.63, 3.8) is 0 Å². The van der Waals surface area contributed by atoms with E-state index in [1.165, 1.54) is 20.1 Å². The van der Waals surface area contributed by atoms with Crippen molar-refractivity contribution in [1.82, 2.24) is 0 Å². The molecule has 25 heavy (non-hydrogen) atoms. The van der Waals surface area contributed by atoms with Crippen molar-refractivity contribution >= 4 is 5.97 Å². The lowest BCUT2D eigenvalue weighted by molar-refractivity contribution is -0.267. The molecule has 0 aliphatic heterocycles. The quantitative estimate of drug-likeness (QED) is 0.833. The van der Waals surface area contributed by atoms with Gasteiger partial charge in [0.25, 0.3) is 5.60 Å². The number of rotatable bonds is 5. The molecule has 0 radical (unpaired) electrons. The molecule has 0 fully saturated rings. The van der Waals surface area contributed by atoms with Crippen LogP contribution in [0.1, 0.15) is 12.5 Å². The molecule has 0 saturated heterocycles. The Morgan fingerprint density at radius 1 is 1.12 bits per heavy atom. The van der Waals surface area contributed by atoms with Gasteiger partial charge in [-0.2, -0.15) is 13.2 Å². The zero-order valence-corrected chi connectivity index (χ0v) is 13.6. The van der Waals surface area contributed by atoms with Gasteiger partial charge in [-0.25, -0.2) is 4.79 Å². The second kappa shape index (κ2) is 7.14. The van der Waals surface area contributed by atoms with Gasteiger partial charge in [0.1, 0.15) is 5.75 Å². The van der Waals surface area contributed by atoms with Crippen LogP contribution in [0.25, 0.3) is 11.1 Å². The molecule has 2 rings (SSSR count). The number of ether oxygens (including phenoxy) is 2. The van der Waals surface area contributed by atoms with E-state index in [-0.39, 0.29) is 6.61 Å². The van der Waals surface area contributed by atoms with Crippen LogP contribution in [0.4, 0.5) is 13.2 Å². The number of halogens is 3. The topological polar surface area (TPSA) is 55.8 Å². The Labute approximate surface area is 142 Å². The zero-order chi connectivity index (χ0) is 18.7. The average Bonchev–Trinajstić information content (AvgIpc) is 2.60. The van der Waals surface area contributed by atoms with E-state index in [4.69, 9.17) is 4.74 Å². The van der Waals surface area contributed by atoms with Crippen LogP contribution < -0.4 is 4.74 Å². The van der Waals surface area contributed by atoms with Gasteiger partial charge in [0.15, 0.2) is 0 Å². The summed E-state index contributed by atoms with van der Waals surface area (Å²) in [4.78, 5) is 11.9. The average molecular weight is 354 g/mol. The predicted octanol–water partition coefficient (Wildman–Crippen LogP) is 3.68. The molecule has 0 aliphatic carbocycles. The summed E-state index contributed by atoms with van der Waals surface area (Å²) in [6, 6.07) is 11.9. The first-order chi connectivity index (χ1) is 11.8. The van der Waals surface area contributed by atoms with Gasteiger partial charge in [0.2, 0.25) is 0 Å². The van der Waals surface area contributed by atoms with Crippen LogP contribution in [0.15, 0.2) is 48.5 Å². The minimum Gasteiger partial charge on any atom is -0.496 e. The van der Waals surface area contributed by atoms with E-state index in [0.717, 1.165) is 12.1 Å². The van der Waals surface area contributed by atoms with Crippen LogP contribution >= 0.6 is 0 Å². The Bertz CT molecular complexity index is 744. The smallest absolute Gasteiger partial charge is 0.432 e. The molecule has 0 bridgehead atoms. The van der Waals surface area contributed by atoms with Crippen molar-refractivity contribution in [2.45, 2.75) is 18.7 Å². The van der Waals surface area contributed by atoms with Gasteiger partial charge in [0.05, 0.1) is 13.7 Å². The lowest BCUT2D eigenvalue weighted by Gasteiger charge is -2.29. The fourth-order valence-electron chi connectivity index (χ4n) is 2.41. The minimum atomic E-state index is -5.25. The third-order valence-corrected chi connectivity index (χ3v) is 3.68. The van der Waals surface area contributed by atoms with Crippen LogP contribution in [-0.2, 0) is 15.1 Å². The Kier molecular flexibility index (Phi) is 5.37. The van der Waals surface area contributed by atoms with Crippen molar-refractivity contribution in [3.8, 4) is 16.9 Å². The van der Waals surface area contributed by atoms with Gasteiger partial charge in [-0.3, -0.25) is 0 Å². The van der Waals surface area contributed by atoms with Crippen LogP contribution in [0.2, 0.25) is 0 Å². The van der Waals surface area contributed by atoms with Gasteiger partial charge in [-0.15, -0.1) is 0 Å². The molecule has 0 saturated carbocycles. The molecule has 1 N–H and O–H groups in total. The second-order valence-electron chi connectivity index (χ2n) is 5.21. The van der Waals surface area contributed by atoms with E-state index in [1.807, 2.05) is 0 Å². The monoisotopic (exact) mass is 354 g/mol. The maximum atomic E-state index is 13.5. The molecule has 2 aromatic carbocycles. The number of hydrogen-bond donors (Lipinski definition) is 1. The highest BCUT2D eigenvalue weighted by Crippen LogP contribution is 2.43. The summed E-state index contributed by atoms with van der Waals surface area (Å²) in [5.41, 5.74) is -3.51. The molecule has 134 valence electrons. The first kappa shape index (κ1) is 18.8. The number of alkyl halides is 3. The predicted molar refractivity (Wildman–Crippen MR) is 85.0 cm³/mol. The highest BCUT2D eigenvalue weighted by molar-refractivity contribution is 5.83. The van der Waals surface area contributed by atoms with E-state index in [0.29, 0.717) is 16.9 Å². The summed E-state index contributed by atoms with van der Waals surface area (Å²) in [7, 11) is 1.38. The summed E-state index contributed by atoms with van der Waals surface area (Å²) in [5.74, 6) is -1.46. The lowest BCUT2D eigenvalue weighted by Crippen LogP contribution is -2.50. The normalized spacial score (nSPS) is 13.8. The molecule has 2 aromatic rings. The number of carbonyl (C=O) groups excluding carboxylic acids is 1. The number of hydrogen-bond acceptors (Lipinski definition) is 4. The lowest BCUT2D eigenvalue weighted by atomic mass is 9.90. The van der Waals surface area contributed by atoms with Gasteiger partial charge in [-0.05, 0) is 24.6 Å². The molecule has 0 amide bonds. The minimum absolute atomic E-state index is 0.293. The van der Waals surface area contributed by atoms with Crippen molar-refractivity contribution in [1.29, 1.82) is 0 Å². The van der Waals surface area contributed by atoms with E-state index >= 15 is 0 Å². The summed E-state index contributed by atoms with van der Waals surface area (Å²) < 4.78 is 50.1. The van der Waals surface area contributed by atoms with Gasteiger partial charge in [-0.1, -0.05) is 36.4 Å². The molecule has 0 unspecified atom stereocenters. The van der Waals surface area contributed by atoms with Crippen LogP contribution in [0.3, 0.4) is 0 Å². The highest BCUT2D eigenvalue weighted by Gasteiger charge is 2.62. The number of methoxy groups -OCH3 is 1. The Balaban J connectivity index is 2.66. The summed E-state index contributed by atoms with van der Waals surface area (Å²) in [6.45, 7) is 1.07. The second-order valence-corrected chi connectivity index (χ2v) is 5.21. The van der Waals surface area contributed by atoms with E-state index in [1.54, 1.807) is 30.3 Å². The number of aliphatic hydroxyl groups is 1. The third kappa shape index (κ3) is 3.46. The van der Waals surface area contributed by atoms with Crippen molar-refractivity contribution in [2.75, 3.05) is 13.7 Å². The summed E-state index contributed by atoms with van der Waals surface area (Å²) in [6.07, 6.45) is -5.25. The SMILES string of the molecule is CCOC(=O)[C@](O)(c1ccc(OC)c(-c2ccccc2)c1)C(F)(F)F. The summed E-state index contributed by atoms with van der Waals surface area (Å²) in [5, 5.41) is 10.2. The van der Waals surface area contributed by atoms with Crippen LogP contribution in [0.5, 0.6) is 5.75 Å². The van der Waals surface area contributed by atoms with Crippen molar-refractivity contribution in [2.24, 2.45) is 0 Å². The standard InChI is InChI=1S/C18H17F3O4/c1-3-25-16(22)17(23,18(19,20)21)13-9-10-15(24-2)14(11-13)12-7-5-4-6-8-12/h4-11,23H,3H2,1-2H3/t17-/m1/s1. The largest absolute Gasteiger partial charge is 0.496 e. The molecule has 1 atom stereocenters. The Morgan fingerprint density at radius 3 is 2.28 bits per heavy atom. The molecule has 0 spiro atoms. The molecule has 0 aromatic heterocycles. The highest BCUT2D eigenvalue weighted by atomic mass is 19.4. The fourth-order valence-corrected chi connectivity index (χ4v) is 2.41. The number of esters is 1. The third-order valence-electron chi connectivity index (χ3n) is 3.68. The van der Waals surface area contributed by atoms with Gasteiger partial charge < -0.3 is 14.6 Å². The maximum Gasteiger partial charge on any atom is 0.432 e. The van der Waals surface area contributed by atoms with Crippen molar-refractivity contribution in [3.05, 3.63) is 54.1 Å². The Hall–Kier alpha value is -2.54. The molecule has 4 nitrogen and oxygen atoms in total. The Morgan fingerprint density at radius 2 is 1.76 bits per heavy atom. The van der Waals surface area contributed by atoms with Gasteiger partial charge in [0, 0.05) is 11.1 Å². The van der Waals surface area contributed by atoms with E-state index in [2.05, 4.69) is 4.74 Å².